The maximum Gasteiger partial charge on any atom is 0.313 e. The first-order valence-corrected chi connectivity index (χ1v) is 3.57. The average molecular weight is 142 g/mol. The minimum Gasteiger partial charge on any atom is -0.466 e. The quantitative estimate of drug-likeness (QED) is 0.542. The highest BCUT2D eigenvalue weighted by atomic mass is 16.5. The fourth-order valence-corrected chi connectivity index (χ4v) is 0.888. The van der Waals surface area contributed by atoms with E-state index in [-0.39, 0.29) is 12.5 Å². The van der Waals surface area contributed by atoms with Crippen molar-refractivity contribution in [2.45, 2.75) is 19.8 Å². The van der Waals surface area contributed by atoms with Crippen LogP contribution in [-0.4, -0.2) is 19.1 Å². The predicted octanol–water partition coefficient (Wildman–Crippen LogP) is 0.613. The Balaban J connectivity index is 2.40. The van der Waals surface area contributed by atoms with Crippen LogP contribution in [0, 0.1) is 5.41 Å². The lowest BCUT2D eigenvalue weighted by Gasteiger charge is -2.08. The van der Waals surface area contributed by atoms with E-state index in [4.69, 9.17) is 10.5 Å². The number of nitrogens with one attached hydrogen (secondary N) is 1. The number of ether oxygens (including phenoxy) is 1. The lowest BCUT2D eigenvalue weighted by atomic mass is 10.1. The van der Waals surface area contributed by atoms with Crippen molar-refractivity contribution in [3.05, 3.63) is 0 Å². The summed E-state index contributed by atoms with van der Waals surface area (Å²) in [6.07, 6.45) is 1.69. The van der Waals surface area contributed by atoms with Gasteiger partial charge in [0, 0.05) is 6.54 Å². The summed E-state index contributed by atoms with van der Waals surface area (Å²) in [5.41, 5.74) is 6.68. The molecule has 1 N–H and O–H groups in total. The topological polar surface area (TPSA) is 50.1 Å². The molecule has 0 saturated heterocycles. The van der Waals surface area contributed by atoms with E-state index in [1.807, 2.05) is 0 Å². The molecule has 0 amide bonds. The van der Waals surface area contributed by atoms with Crippen LogP contribution in [0.3, 0.4) is 0 Å². The Hall–Kier alpha value is -0.570. The lowest BCUT2D eigenvalue weighted by Crippen LogP contribution is -2.23. The molecule has 1 aliphatic rings. The third-order valence-electron chi connectivity index (χ3n) is 1.90. The number of rotatable bonds is 3. The number of carbonyl (C=O) groups excluding carboxylic acids is 1. The average Bonchev–Trinajstić information content (AvgIpc) is 2.68. The third-order valence-corrected chi connectivity index (χ3v) is 1.90. The van der Waals surface area contributed by atoms with Gasteiger partial charge >= 0.3 is 5.97 Å². The molecule has 0 spiro atoms. The van der Waals surface area contributed by atoms with E-state index in [0.717, 1.165) is 12.8 Å². The molecule has 57 valence electrons. The molecule has 1 aliphatic carbocycles. The highest BCUT2D eigenvalue weighted by molar-refractivity contribution is 5.80. The predicted molar refractivity (Wildman–Crippen MR) is 36.3 cm³/mol. The molecule has 3 heteroatoms. The molecule has 0 aromatic heterocycles. The van der Waals surface area contributed by atoms with Crippen molar-refractivity contribution in [2.75, 3.05) is 13.2 Å². The number of esters is 1. The van der Waals surface area contributed by atoms with Gasteiger partial charge < -0.3 is 4.74 Å². The van der Waals surface area contributed by atoms with Gasteiger partial charge in [-0.3, -0.25) is 10.5 Å². The van der Waals surface area contributed by atoms with Gasteiger partial charge in [0.2, 0.25) is 0 Å². The van der Waals surface area contributed by atoms with Gasteiger partial charge in [0.1, 0.15) is 0 Å². The largest absolute Gasteiger partial charge is 0.466 e. The highest BCUT2D eigenvalue weighted by Crippen LogP contribution is 2.45. The Labute approximate surface area is 60.5 Å². The molecule has 0 bridgehead atoms. The Morgan fingerprint density at radius 3 is 2.60 bits per heavy atom. The summed E-state index contributed by atoms with van der Waals surface area (Å²) in [5.74, 6) is -0.176. The molecule has 0 aliphatic heterocycles. The van der Waals surface area contributed by atoms with Crippen molar-refractivity contribution in [3.8, 4) is 0 Å². The van der Waals surface area contributed by atoms with Crippen LogP contribution in [0.4, 0.5) is 0 Å². The normalized spacial score (nSPS) is 20.2. The van der Waals surface area contributed by atoms with Crippen molar-refractivity contribution in [2.24, 2.45) is 5.41 Å². The molecule has 1 rings (SSSR count). The summed E-state index contributed by atoms with van der Waals surface area (Å²) in [7, 11) is 0. The molecule has 0 aromatic carbocycles. The standard InChI is InChI=1S/C7H12NO2/c1-2-10-6(9)7(5-8)3-4-7/h8H,2-5H2,1H3. The molecule has 10 heavy (non-hydrogen) atoms. The van der Waals surface area contributed by atoms with Crippen LogP contribution in [0.25, 0.3) is 0 Å². The summed E-state index contributed by atoms with van der Waals surface area (Å²) in [6.45, 7) is 2.41. The van der Waals surface area contributed by atoms with E-state index in [1.165, 1.54) is 0 Å². The Morgan fingerprint density at radius 1 is 1.70 bits per heavy atom. The smallest absolute Gasteiger partial charge is 0.313 e. The lowest BCUT2D eigenvalue weighted by molar-refractivity contribution is -0.149. The van der Waals surface area contributed by atoms with Gasteiger partial charge in [0.05, 0.1) is 12.0 Å². The summed E-state index contributed by atoms with van der Waals surface area (Å²) < 4.78 is 4.80. The van der Waals surface area contributed by atoms with Gasteiger partial charge in [0.15, 0.2) is 0 Å². The summed E-state index contributed by atoms with van der Waals surface area (Å²) >= 11 is 0. The van der Waals surface area contributed by atoms with E-state index in [0.29, 0.717) is 6.61 Å². The monoisotopic (exact) mass is 142 g/mol. The van der Waals surface area contributed by atoms with Gasteiger partial charge in [-0.2, -0.15) is 0 Å². The Morgan fingerprint density at radius 2 is 2.30 bits per heavy atom. The summed E-state index contributed by atoms with van der Waals surface area (Å²) in [6, 6.07) is 0. The fraction of sp³-hybridized carbons (Fsp3) is 0.857. The van der Waals surface area contributed by atoms with Crippen LogP contribution in [0.15, 0.2) is 0 Å². The van der Waals surface area contributed by atoms with Crippen LogP contribution < -0.4 is 5.73 Å². The van der Waals surface area contributed by atoms with E-state index in [2.05, 4.69) is 0 Å². The summed E-state index contributed by atoms with van der Waals surface area (Å²) in [5, 5.41) is 0. The van der Waals surface area contributed by atoms with Crippen LogP contribution >= 0.6 is 0 Å². The highest BCUT2D eigenvalue weighted by Gasteiger charge is 2.50. The zero-order valence-electron chi connectivity index (χ0n) is 6.14. The zero-order chi connectivity index (χ0) is 7.61. The van der Waals surface area contributed by atoms with Gasteiger partial charge in [-0.15, -0.1) is 0 Å². The summed E-state index contributed by atoms with van der Waals surface area (Å²) in [4.78, 5) is 11.0. The number of hydrogen-bond acceptors (Lipinski definition) is 2. The number of carbonyl (C=O) groups is 1. The molecule has 0 heterocycles. The van der Waals surface area contributed by atoms with E-state index in [1.54, 1.807) is 6.92 Å². The molecule has 1 fully saturated rings. The van der Waals surface area contributed by atoms with E-state index >= 15 is 0 Å². The van der Waals surface area contributed by atoms with E-state index < -0.39 is 5.41 Å². The molecular weight excluding hydrogens is 130 g/mol. The first kappa shape index (κ1) is 7.54. The Bertz CT molecular complexity index is 141. The minimum absolute atomic E-state index is 0.176. The maximum atomic E-state index is 11.0. The second-order valence-electron chi connectivity index (χ2n) is 2.68. The van der Waals surface area contributed by atoms with Gasteiger partial charge in [-0.05, 0) is 19.8 Å². The molecule has 0 atom stereocenters. The van der Waals surface area contributed by atoms with Crippen LogP contribution in [0.2, 0.25) is 0 Å². The van der Waals surface area contributed by atoms with Gasteiger partial charge in [-0.1, -0.05) is 0 Å². The maximum absolute atomic E-state index is 11.0. The van der Waals surface area contributed by atoms with Crippen molar-refractivity contribution in [1.29, 1.82) is 0 Å². The number of hydrogen-bond donors (Lipinski definition) is 0. The first-order chi connectivity index (χ1) is 4.75. The minimum atomic E-state index is -0.393. The molecular formula is C7H12NO2. The Kier molecular flexibility index (Phi) is 1.94. The van der Waals surface area contributed by atoms with Gasteiger partial charge in [-0.25, -0.2) is 0 Å². The van der Waals surface area contributed by atoms with Crippen molar-refractivity contribution in [1.82, 2.24) is 5.73 Å². The second-order valence-corrected chi connectivity index (χ2v) is 2.68. The SMILES string of the molecule is CCOC(=O)C1(C[NH])CC1. The van der Waals surface area contributed by atoms with Crippen LogP contribution in [0.1, 0.15) is 19.8 Å². The van der Waals surface area contributed by atoms with Crippen LogP contribution in [-0.2, 0) is 9.53 Å². The second kappa shape index (κ2) is 2.58. The molecule has 3 nitrogen and oxygen atoms in total. The molecule has 0 aromatic rings. The van der Waals surface area contributed by atoms with Crippen molar-refractivity contribution < 1.29 is 9.53 Å². The van der Waals surface area contributed by atoms with Crippen LogP contribution in [0.5, 0.6) is 0 Å². The molecule has 0 unspecified atom stereocenters. The van der Waals surface area contributed by atoms with Crippen molar-refractivity contribution >= 4 is 5.97 Å². The zero-order valence-corrected chi connectivity index (χ0v) is 6.14. The molecule has 1 radical (unpaired) electrons. The third kappa shape index (κ3) is 1.14. The van der Waals surface area contributed by atoms with E-state index in [9.17, 15) is 4.79 Å². The van der Waals surface area contributed by atoms with Crippen molar-refractivity contribution in [3.63, 3.8) is 0 Å². The first-order valence-electron chi connectivity index (χ1n) is 3.57. The van der Waals surface area contributed by atoms with Gasteiger partial charge in [0.25, 0.3) is 0 Å². The fourth-order valence-electron chi connectivity index (χ4n) is 0.888. The molecule has 1 saturated carbocycles.